The minimum absolute atomic E-state index is 0.0701. The van der Waals surface area contributed by atoms with E-state index in [0.29, 0.717) is 0 Å². The van der Waals surface area contributed by atoms with Gasteiger partial charge in [-0.2, -0.15) is 13.2 Å². The SMILES string of the molecule is Fc1cccc2c(-n3ccnc3)nc(C(F)(F)F)nc12. The molecule has 0 aliphatic carbocycles. The molecule has 0 radical (unpaired) electrons. The molecule has 0 aliphatic rings. The maximum Gasteiger partial charge on any atom is 0.451 e. The first kappa shape index (κ1) is 12.5. The Kier molecular flexibility index (Phi) is 2.66. The number of nitrogens with zero attached hydrogens (tertiary/aromatic N) is 4. The second kappa shape index (κ2) is 4.26. The number of aromatic nitrogens is 4. The molecule has 0 aliphatic heterocycles. The number of hydrogen-bond acceptors (Lipinski definition) is 3. The Morgan fingerprint density at radius 3 is 2.55 bits per heavy atom. The van der Waals surface area contributed by atoms with Gasteiger partial charge in [0.15, 0.2) is 0 Å². The van der Waals surface area contributed by atoms with E-state index < -0.39 is 17.8 Å². The van der Waals surface area contributed by atoms with Crippen LogP contribution in [0.5, 0.6) is 0 Å². The number of fused-ring (bicyclic) bond motifs is 1. The van der Waals surface area contributed by atoms with Crippen LogP contribution in [0.2, 0.25) is 0 Å². The van der Waals surface area contributed by atoms with E-state index in [0.717, 1.165) is 6.07 Å². The van der Waals surface area contributed by atoms with Crippen molar-refractivity contribution in [2.24, 2.45) is 0 Å². The molecule has 0 unspecified atom stereocenters. The van der Waals surface area contributed by atoms with Gasteiger partial charge < -0.3 is 0 Å². The molecule has 20 heavy (non-hydrogen) atoms. The summed E-state index contributed by atoms with van der Waals surface area (Å²) in [5.74, 6) is -2.30. The van der Waals surface area contributed by atoms with Gasteiger partial charge in [0.1, 0.15) is 23.5 Å². The van der Waals surface area contributed by atoms with E-state index in [4.69, 9.17) is 0 Å². The summed E-state index contributed by atoms with van der Waals surface area (Å²) in [6.07, 6.45) is -0.661. The van der Waals surface area contributed by atoms with E-state index in [-0.39, 0.29) is 16.7 Å². The van der Waals surface area contributed by atoms with Gasteiger partial charge in [0.25, 0.3) is 0 Å². The van der Waals surface area contributed by atoms with E-state index >= 15 is 0 Å². The summed E-state index contributed by atoms with van der Waals surface area (Å²) in [7, 11) is 0. The minimum atomic E-state index is -4.76. The average Bonchev–Trinajstić information content (AvgIpc) is 2.91. The largest absolute Gasteiger partial charge is 0.451 e. The van der Waals surface area contributed by atoms with Gasteiger partial charge >= 0.3 is 6.18 Å². The maximum atomic E-state index is 13.7. The van der Waals surface area contributed by atoms with Crippen LogP contribution in [-0.2, 0) is 6.18 Å². The Morgan fingerprint density at radius 1 is 1.10 bits per heavy atom. The van der Waals surface area contributed by atoms with Gasteiger partial charge in [0.2, 0.25) is 5.82 Å². The summed E-state index contributed by atoms with van der Waals surface area (Å²) < 4.78 is 53.4. The van der Waals surface area contributed by atoms with Gasteiger partial charge in [0, 0.05) is 17.8 Å². The second-order valence-electron chi connectivity index (χ2n) is 3.97. The van der Waals surface area contributed by atoms with E-state index in [1.165, 1.54) is 35.4 Å². The van der Waals surface area contributed by atoms with E-state index in [9.17, 15) is 17.6 Å². The third-order valence-electron chi connectivity index (χ3n) is 2.66. The normalized spacial score (nSPS) is 12.0. The minimum Gasteiger partial charge on any atom is -0.290 e. The van der Waals surface area contributed by atoms with Gasteiger partial charge in [-0.3, -0.25) is 4.57 Å². The molecular weight excluding hydrogens is 276 g/mol. The zero-order valence-electron chi connectivity index (χ0n) is 9.76. The van der Waals surface area contributed by atoms with Crippen molar-refractivity contribution < 1.29 is 17.6 Å². The molecule has 2 heterocycles. The van der Waals surface area contributed by atoms with E-state index in [1.807, 2.05) is 0 Å². The molecular formula is C12H6F4N4. The van der Waals surface area contributed by atoms with Gasteiger partial charge in [0.05, 0.1) is 0 Å². The number of rotatable bonds is 1. The fraction of sp³-hybridized carbons (Fsp3) is 0.0833. The number of alkyl halides is 3. The molecule has 3 rings (SSSR count). The molecule has 0 saturated carbocycles. The molecule has 2 aromatic heterocycles. The summed E-state index contributed by atoms with van der Waals surface area (Å²) in [5.41, 5.74) is -0.376. The Hall–Kier alpha value is -2.51. The Bertz CT molecular complexity index is 765. The van der Waals surface area contributed by atoms with E-state index in [2.05, 4.69) is 15.0 Å². The fourth-order valence-electron chi connectivity index (χ4n) is 1.81. The number of imidazole rings is 1. The maximum absolute atomic E-state index is 13.7. The van der Waals surface area contributed by atoms with Crippen molar-refractivity contribution in [1.82, 2.24) is 19.5 Å². The summed E-state index contributed by atoms with van der Waals surface area (Å²) in [4.78, 5) is 10.5. The van der Waals surface area contributed by atoms with Crippen LogP contribution in [0.3, 0.4) is 0 Å². The lowest BCUT2D eigenvalue weighted by Crippen LogP contribution is -2.14. The van der Waals surface area contributed by atoms with Gasteiger partial charge in [-0.05, 0) is 12.1 Å². The van der Waals surface area contributed by atoms with Crippen molar-refractivity contribution in [3.63, 3.8) is 0 Å². The summed E-state index contributed by atoms with van der Waals surface area (Å²) in [6.45, 7) is 0. The molecule has 1 aromatic carbocycles. The molecule has 0 spiro atoms. The topological polar surface area (TPSA) is 43.6 Å². The summed E-state index contributed by atoms with van der Waals surface area (Å²) in [6, 6.07) is 3.88. The lowest BCUT2D eigenvalue weighted by Gasteiger charge is -2.11. The van der Waals surface area contributed by atoms with Crippen LogP contribution in [0.4, 0.5) is 17.6 Å². The molecule has 4 nitrogen and oxygen atoms in total. The van der Waals surface area contributed by atoms with Crippen molar-refractivity contribution in [3.05, 3.63) is 48.6 Å². The van der Waals surface area contributed by atoms with Crippen LogP contribution in [0.15, 0.2) is 36.9 Å². The lowest BCUT2D eigenvalue weighted by molar-refractivity contribution is -0.144. The van der Waals surface area contributed by atoms with Crippen LogP contribution in [-0.4, -0.2) is 19.5 Å². The number of para-hydroxylation sites is 1. The highest BCUT2D eigenvalue weighted by atomic mass is 19.4. The molecule has 0 atom stereocenters. The van der Waals surface area contributed by atoms with Crippen molar-refractivity contribution in [2.45, 2.75) is 6.18 Å². The summed E-state index contributed by atoms with van der Waals surface area (Å²) >= 11 is 0. The van der Waals surface area contributed by atoms with Gasteiger partial charge in [-0.25, -0.2) is 19.3 Å². The zero-order chi connectivity index (χ0) is 14.3. The third kappa shape index (κ3) is 1.98. The predicted octanol–water partition coefficient (Wildman–Crippen LogP) is 2.97. The molecule has 0 N–H and O–H groups in total. The lowest BCUT2D eigenvalue weighted by atomic mass is 10.2. The van der Waals surface area contributed by atoms with E-state index in [1.54, 1.807) is 0 Å². The molecule has 0 fully saturated rings. The molecule has 0 amide bonds. The van der Waals surface area contributed by atoms with Gasteiger partial charge in [-0.15, -0.1) is 0 Å². The highest BCUT2D eigenvalue weighted by Crippen LogP contribution is 2.30. The number of halogens is 4. The van der Waals surface area contributed by atoms with Crippen molar-refractivity contribution in [1.29, 1.82) is 0 Å². The third-order valence-corrected chi connectivity index (χ3v) is 2.66. The monoisotopic (exact) mass is 282 g/mol. The number of hydrogen-bond donors (Lipinski definition) is 0. The molecule has 3 aromatic rings. The smallest absolute Gasteiger partial charge is 0.290 e. The fourth-order valence-corrected chi connectivity index (χ4v) is 1.81. The predicted molar refractivity (Wildman–Crippen MR) is 61.6 cm³/mol. The summed E-state index contributed by atoms with van der Waals surface area (Å²) in [5, 5.41) is 0.177. The highest BCUT2D eigenvalue weighted by Gasteiger charge is 2.36. The highest BCUT2D eigenvalue weighted by molar-refractivity contribution is 5.85. The molecule has 8 heteroatoms. The average molecular weight is 282 g/mol. The second-order valence-corrected chi connectivity index (χ2v) is 3.97. The standard InChI is InChI=1S/C12H6F4N4/c13-8-3-1-2-7-9(8)18-11(12(14,15)16)19-10(7)20-5-4-17-6-20/h1-6H. The first-order valence-electron chi connectivity index (χ1n) is 5.48. The zero-order valence-corrected chi connectivity index (χ0v) is 9.76. The van der Waals surface area contributed by atoms with Crippen molar-refractivity contribution in [3.8, 4) is 5.82 Å². The first-order chi connectivity index (χ1) is 9.47. The van der Waals surface area contributed by atoms with Crippen molar-refractivity contribution in [2.75, 3.05) is 0 Å². The van der Waals surface area contributed by atoms with Crippen LogP contribution < -0.4 is 0 Å². The van der Waals surface area contributed by atoms with Crippen LogP contribution >= 0.6 is 0 Å². The Balaban J connectivity index is 2.40. The Morgan fingerprint density at radius 2 is 1.90 bits per heavy atom. The molecule has 102 valence electrons. The molecule has 0 saturated heterocycles. The van der Waals surface area contributed by atoms with Crippen LogP contribution in [0.25, 0.3) is 16.7 Å². The quantitative estimate of drug-likeness (QED) is 0.644. The molecule has 0 bridgehead atoms. The first-order valence-corrected chi connectivity index (χ1v) is 5.48. The van der Waals surface area contributed by atoms with Crippen LogP contribution in [0, 0.1) is 5.82 Å². The number of benzene rings is 1. The van der Waals surface area contributed by atoms with Gasteiger partial charge in [-0.1, -0.05) is 6.07 Å². The van der Waals surface area contributed by atoms with Crippen molar-refractivity contribution >= 4 is 10.9 Å². The van der Waals surface area contributed by atoms with Crippen LogP contribution in [0.1, 0.15) is 5.82 Å². The Labute approximate surface area is 109 Å².